The van der Waals surface area contributed by atoms with Gasteiger partial charge in [-0.05, 0) is 6.07 Å². The summed E-state index contributed by atoms with van der Waals surface area (Å²) in [6.07, 6.45) is 0. The molecule has 6 heteroatoms. The number of nitrogens with two attached hydrogens (primary N) is 1. The molecule has 0 saturated heterocycles. The fraction of sp³-hybridized carbons (Fsp3) is 0.182. The van der Waals surface area contributed by atoms with E-state index in [1.165, 1.54) is 18.2 Å². The Kier molecular flexibility index (Phi) is 2.79. The number of benzene rings is 1. The molecule has 0 bridgehead atoms. The maximum atomic E-state index is 13.5. The van der Waals surface area contributed by atoms with Gasteiger partial charge in [0.25, 0.3) is 5.92 Å². The summed E-state index contributed by atoms with van der Waals surface area (Å²) in [5.41, 5.74) is 5.28. The fourth-order valence-electron chi connectivity index (χ4n) is 1.59. The van der Waals surface area contributed by atoms with Gasteiger partial charge < -0.3 is 10.3 Å². The second-order valence-electron chi connectivity index (χ2n) is 3.67. The fourth-order valence-corrected chi connectivity index (χ4v) is 1.93. The van der Waals surface area contributed by atoms with Gasteiger partial charge in [0.05, 0.1) is 10.6 Å². The molecular weight excluding hydrogens is 250 g/mol. The Morgan fingerprint density at radius 1 is 1.41 bits per heavy atom. The molecule has 0 aliphatic carbocycles. The van der Waals surface area contributed by atoms with Crippen molar-refractivity contribution >= 4 is 17.4 Å². The van der Waals surface area contributed by atoms with E-state index in [2.05, 4.69) is 5.16 Å². The standard InChI is InChI=1S/C11H9ClF2N2O/c1-11(13,14)10-6(3-2-4-7(10)12)8-5-9(15)16-17-8/h2-5H,1H3,(H2,15,16). The number of rotatable bonds is 2. The van der Waals surface area contributed by atoms with Crippen molar-refractivity contribution < 1.29 is 13.3 Å². The molecule has 2 N–H and O–H groups in total. The van der Waals surface area contributed by atoms with Crippen LogP contribution < -0.4 is 5.73 Å². The SMILES string of the molecule is CC(F)(F)c1c(Cl)cccc1-c1cc(N)no1. The monoisotopic (exact) mass is 258 g/mol. The maximum absolute atomic E-state index is 13.5. The van der Waals surface area contributed by atoms with E-state index in [9.17, 15) is 8.78 Å². The average Bonchev–Trinajstić information content (AvgIpc) is 2.62. The molecule has 0 spiro atoms. The van der Waals surface area contributed by atoms with Crippen molar-refractivity contribution in [3.05, 3.63) is 34.9 Å². The highest BCUT2D eigenvalue weighted by Crippen LogP contribution is 2.40. The van der Waals surface area contributed by atoms with Gasteiger partial charge >= 0.3 is 0 Å². The van der Waals surface area contributed by atoms with Crippen LogP contribution in [0.25, 0.3) is 11.3 Å². The number of anilines is 1. The summed E-state index contributed by atoms with van der Waals surface area (Å²) in [7, 11) is 0. The predicted molar refractivity (Wildman–Crippen MR) is 60.9 cm³/mol. The average molecular weight is 259 g/mol. The lowest BCUT2D eigenvalue weighted by atomic mass is 10.0. The molecule has 0 aliphatic heterocycles. The first-order chi connectivity index (χ1) is 7.89. The second kappa shape index (κ2) is 4.00. The molecule has 0 fully saturated rings. The van der Waals surface area contributed by atoms with E-state index in [4.69, 9.17) is 21.9 Å². The normalized spacial score (nSPS) is 11.8. The molecule has 0 atom stereocenters. The first-order valence-electron chi connectivity index (χ1n) is 4.79. The minimum atomic E-state index is -3.07. The zero-order chi connectivity index (χ0) is 12.6. The molecule has 1 aromatic carbocycles. The number of halogens is 3. The van der Waals surface area contributed by atoms with Crippen molar-refractivity contribution in [2.75, 3.05) is 5.73 Å². The molecule has 2 aromatic rings. The van der Waals surface area contributed by atoms with Gasteiger partial charge in [-0.25, -0.2) is 8.78 Å². The molecule has 90 valence electrons. The van der Waals surface area contributed by atoms with Crippen LogP contribution in [0, 0.1) is 0 Å². The molecule has 1 heterocycles. The molecule has 0 radical (unpaired) electrons. The van der Waals surface area contributed by atoms with Gasteiger partial charge in [0.15, 0.2) is 11.6 Å². The third kappa shape index (κ3) is 2.24. The lowest BCUT2D eigenvalue weighted by Crippen LogP contribution is -2.09. The quantitative estimate of drug-likeness (QED) is 0.894. The summed E-state index contributed by atoms with van der Waals surface area (Å²) in [5, 5.41) is 3.44. The molecule has 0 saturated carbocycles. The van der Waals surface area contributed by atoms with E-state index in [0.717, 1.165) is 6.92 Å². The van der Waals surface area contributed by atoms with Gasteiger partial charge in [-0.1, -0.05) is 28.9 Å². The van der Waals surface area contributed by atoms with Crippen molar-refractivity contribution in [2.45, 2.75) is 12.8 Å². The van der Waals surface area contributed by atoms with Gasteiger partial charge in [0.2, 0.25) is 0 Å². The Hall–Kier alpha value is -1.62. The van der Waals surface area contributed by atoms with Crippen LogP contribution in [0.2, 0.25) is 5.02 Å². The van der Waals surface area contributed by atoms with Crippen molar-refractivity contribution in [3.8, 4) is 11.3 Å². The molecule has 0 aliphatic rings. The van der Waals surface area contributed by atoms with Crippen LogP contribution in [0.5, 0.6) is 0 Å². The molecule has 17 heavy (non-hydrogen) atoms. The molecule has 0 amide bonds. The predicted octanol–water partition coefficient (Wildman–Crippen LogP) is 3.69. The van der Waals surface area contributed by atoms with Gasteiger partial charge in [-0.15, -0.1) is 0 Å². The summed E-state index contributed by atoms with van der Waals surface area (Å²) in [6, 6.07) is 5.82. The minimum absolute atomic E-state index is 0.0232. The summed E-state index contributed by atoms with van der Waals surface area (Å²) in [5.74, 6) is -2.78. The number of aromatic nitrogens is 1. The highest BCUT2D eigenvalue weighted by atomic mass is 35.5. The van der Waals surface area contributed by atoms with E-state index in [1.54, 1.807) is 6.07 Å². The zero-order valence-electron chi connectivity index (χ0n) is 8.88. The van der Waals surface area contributed by atoms with Gasteiger partial charge in [0.1, 0.15) is 0 Å². The number of hydrogen-bond donors (Lipinski definition) is 1. The highest BCUT2D eigenvalue weighted by molar-refractivity contribution is 6.31. The molecule has 1 aromatic heterocycles. The summed E-state index contributed by atoms with van der Waals surface area (Å²) < 4.78 is 31.9. The Balaban J connectivity index is 2.66. The maximum Gasteiger partial charge on any atom is 0.272 e. The minimum Gasteiger partial charge on any atom is -0.381 e. The van der Waals surface area contributed by atoms with E-state index in [-0.39, 0.29) is 27.7 Å². The third-order valence-electron chi connectivity index (χ3n) is 2.25. The smallest absolute Gasteiger partial charge is 0.272 e. The van der Waals surface area contributed by atoms with E-state index < -0.39 is 5.92 Å². The topological polar surface area (TPSA) is 52.0 Å². The Morgan fingerprint density at radius 2 is 2.12 bits per heavy atom. The second-order valence-corrected chi connectivity index (χ2v) is 4.07. The van der Waals surface area contributed by atoms with Crippen molar-refractivity contribution in [3.63, 3.8) is 0 Å². The zero-order valence-corrected chi connectivity index (χ0v) is 9.63. The summed E-state index contributed by atoms with van der Waals surface area (Å²) >= 11 is 5.80. The Bertz CT molecular complexity index is 549. The Labute approximate surface area is 101 Å². The lowest BCUT2D eigenvalue weighted by molar-refractivity contribution is 0.0180. The van der Waals surface area contributed by atoms with Crippen LogP contribution in [0.4, 0.5) is 14.6 Å². The van der Waals surface area contributed by atoms with E-state index in [1.807, 2.05) is 0 Å². The third-order valence-corrected chi connectivity index (χ3v) is 2.56. The van der Waals surface area contributed by atoms with Crippen LogP contribution in [0.3, 0.4) is 0 Å². The summed E-state index contributed by atoms with van der Waals surface area (Å²) in [6.45, 7) is 0.775. The number of nitrogen functional groups attached to an aromatic ring is 1. The molecular formula is C11H9ClF2N2O. The number of nitrogens with zero attached hydrogens (tertiary/aromatic N) is 1. The van der Waals surface area contributed by atoms with Crippen LogP contribution in [-0.4, -0.2) is 5.16 Å². The Morgan fingerprint density at radius 3 is 2.65 bits per heavy atom. The van der Waals surface area contributed by atoms with Crippen LogP contribution >= 0.6 is 11.6 Å². The number of hydrogen-bond acceptors (Lipinski definition) is 3. The van der Waals surface area contributed by atoms with Gasteiger partial charge in [0, 0.05) is 18.6 Å². The van der Waals surface area contributed by atoms with Crippen LogP contribution in [-0.2, 0) is 5.92 Å². The summed E-state index contributed by atoms with van der Waals surface area (Å²) in [4.78, 5) is 0. The van der Waals surface area contributed by atoms with Crippen molar-refractivity contribution in [1.29, 1.82) is 0 Å². The molecule has 0 unspecified atom stereocenters. The first-order valence-corrected chi connectivity index (χ1v) is 5.17. The van der Waals surface area contributed by atoms with E-state index in [0.29, 0.717) is 0 Å². The largest absolute Gasteiger partial charge is 0.381 e. The molecule has 2 rings (SSSR count). The van der Waals surface area contributed by atoms with Gasteiger partial charge in [-0.3, -0.25) is 0 Å². The lowest BCUT2D eigenvalue weighted by Gasteiger charge is -2.15. The highest BCUT2D eigenvalue weighted by Gasteiger charge is 2.31. The van der Waals surface area contributed by atoms with Crippen LogP contribution in [0.15, 0.2) is 28.8 Å². The van der Waals surface area contributed by atoms with Crippen LogP contribution in [0.1, 0.15) is 12.5 Å². The first kappa shape index (κ1) is 11.9. The van der Waals surface area contributed by atoms with Gasteiger partial charge in [-0.2, -0.15) is 0 Å². The van der Waals surface area contributed by atoms with Crippen molar-refractivity contribution in [1.82, 2.24) is 5.16 Å². The van der Waals surface area contributed by atoms with Crippen molar-refractivity contribution in [2.24, 2.45) is 0 Å². The van der Waals surface area contributed by atoms with E-state index >= 15 is 0 Å². The number of alkyl halides is 2. The molecule has 3 nitrogen and oxygen atoms in total.